The van der Waals surface area contributed by atoms with Crippen molar-refractivity contribution in [1.29, 1.82) is 0 Å². The van der Waals surface area contributed by atoms with E-state index < -0.39 is 0 Å². The van der Waals surface area contributed by atoms with E-state index in [4.69, 9.17) is 4.98 Å². The van der Waals surface area contributed by atoms with Crippen molar-refractivity contribution in [1.82, 2.24) is 14.9 Å². The molecule has 2 heterocycles. The van der Waals surface area contributed by atoms with Gasteiger partial charge in [0.05, 0.1) is 10.6 Å². The molecule has 0 bridgehead atoms. The highest BCUT2D eigenvalue weighted by molar-refractivity contribution is 8.00. The molecule has 1 amide bonds. The number of aryl methyl sites for hydroxylation is 2. The zero-order valence-electron chi connectivity index (χ0n) is 16.1. The predicted molar refractivity (Wildman–Crippen MR) is 109 cm³/mol. The minimum Gasteiger partial charge on any atom is -0.352 e. The van der Waals surface area contributed by atoms with E-state index in [1.807, 2.05) is 34.6 Å². The maximum Gasteiger partial charge on any atom is 0.263 e. The second kappa shape index (κ2) is 7.72. The van der Waals surface area contributed by atoms with Crippen LogP contribution in [-0.2, 0) is 4.79 Å². The quantitative estimate of drug-likeness (QED) is 0.611. The highest BCUT2D eigenvalue weighted by Gasteiger charge is 2.25. The van der Waals surface area contributed by atoms with Crippen LogP contribution in [0.25, 0.3) is 10.2 Å². The lowest BCUT2D eigenvalue weighted by Crippen LogP contribution is -2.38. The number of nitrogens with zero attached hydrogens (tertiary/aromatic N) is 2. The molecule has 0 aliphatic heterocycles. The summed E-state index contributed by atoms with van der Waals surface area (Å²) in [5.41, 5.74) is 1.01. The smallest absolute Gasteiger partial charge is 0.263 e. The van der Waals surface area contributed by atoms with Crippen LogP contribution in [0.1, 0.15) is 62.9 Å². The number of fused-ring (bicyclic) bond motifs is 1. The molecule has 0 unspecified atom stereocenters. The van der Waals surface area contributed by atoms with E-state index in [2.05, 4.69) is 5.32 Å². The number of aromatic nitrogens is 2. The molecule has 1 atom stereocenters. The number of carbonyl (C=O) groups is 1. The first kappa shape index (κ1) is 19.4. The summed E-state index contributed by atoms with van der Waals surface area (Å²) >= 11 is 2.93. The average Bonchev–Trinajstić information content (AvgIpc) is 3.15. The molecular formula is C19H27N3O2S2. The third-order valence-corrected chi connectivity index (χ3v) is 7.24. The van der Waals surface area contributed by atoms with Crippen LogP contribution in [0.4, 0.5) is 0 Å². The fourth-order valence-corrected chi connectivity index (χ4v) is 5.55. The average molecular weight is 394 g/mol. The molecule has 1 aliphatic carbocycles. The molecule has 7 heteroatoms. The van der Waals surface area contributed by atoms with Gasteiger partial charge >= 0.3 is 0 Å². The van der Waals surface area contributed by atoms with Crippen molar-refractivity contribution in [3.63, 3.8) is 0 Å². The van der Waals surface area contributed by atoms with E-state index in [9.17, 15) is 9.59 Å². The van der Waals surface area contributed by atoms with Gasteiger partial charge in [-0.05, 0) is 53.0 Å². The van der Waals surface area contributed by atoms with Gasteiger partial charge in [-0.15, -0.1) is 11.3 Å². The summed E-state index contributed by atoms with van der Waals surface area (Å²) in [7, 11) is 0. The summed E-state index contributed by atoms with van der Waals surface area (Å²) in [5.74, 6) is 0.0325. The molecule has 1 N–H and O–H groups in total. The van der Waals surface area contributed by atoms with E-state index in [1.165, 1.54) is 24.6 Å². The lowest BCUT2D eigenvalue weighted by molar-refractivity contribution is -0.120. The highest BCUT2D eigenvalue weighted by Crippen LogP contribution is 2.31. The Kier molecular flexibility index (Phi) is 5.77. The fraction of sp³-hybridized carbons (Fsp3) is 0.632. The van der Waals surface area contributed by atoms with Gasteiger partial charge in [0.1, 0.15) is 4.83 Å². The second-order valence-corrected chi connectivity index (χ2v) is 9.89. The van der Waals surface area contributed by atoms with Crippen LogP contribution < -0.4 is 10.9 Å². The van der Waals surface area contributed by atoms with E-state index in [1.54, 1.807) is 15.9 Å². The molecule has 142 valence electrons. The molecule has 0 aromatic carbocycles. The minimum atomic E-state index is -0.285. The molecule has 1 aliphatic rings. The zero-order chi connectivity index (χ0) is 19.0. The van der Waals surface area contributed by atoms with E-state index >= 15 is 0 Å². The Hall–Kier alpha value is -1.34. The van der Waals surface area contributed by atoms with Crippen molar-refractivity contribution in [3.05, 3.63) is 20.8 Å². The number of hydrogen-bond acceptors (Lipinski definition) is 5. The van der Waals surface area contributed by atoms with Gasteiger partial charge in [-0.25, -0.2) is 4.98 Å². The van der Waals surface area contributed by atoms with Gasteiger partial charge in [-0.3, -0.25) is 14.2 Å². The summed E-state index contributed by atoms with van der Waals surface area (Å²) in [6.45, 7) is 9.85. The summed E-state index contributed by atoms with van der Waals surface area (Å²) in [5, 5.41) is 4.20. The number of hydrogen-bond donors (Lipinski definition) is 1. The second-order valence-electron chi connectivity index (χ2n) is 7.38. The predicted octanol–water partition coefficient (Wildman–Crippen LogP) is 4.20. The molecular weight excluding hydrogens is 366 g/mol. The Morgan fingerprint density at radius 1 is 1.27 bits per heavy atom. The van der Waals surface area contributed by atoms with Crippen LogP contribution in [-0.4, -0.2) is 26.8 Å². The molecule has 0 radical (unpaired) electrons. The fourth-order valence-electron chi connectivity index (χ4n) is 3.43. The molecule has 0 spiro atoms. The molecule has 3 rings (SSSR count). The first-order valence-electron chi connectivity index (χ1n) is 9.28. The van der Waals surface area contributed by atoms with Gasteiger partial charge in [-0.1, -0.05) is 24.6 Å². The van der Waals surface area contributed by atoms with Crippen LogP contribution in [0.5, 0.6) is 0 Å². The van der Waals surface area contributed by atoms with Crippen molar-refractivity contribution < 1.29 is 4.79 Å². The van der Waals surface area contributed by atoms with Crippen LogP contribution in [0, 0.1) is 13.8 Å². The van der Waals surface area contributed by atoms with Crippen molar-refractivity contribution in [3.8, 4) is 0 Å². The van der Waals surface area contributed by atoms with Gasteiger partial charge in [0, 0.05) is 17.0 Å². The lowest BCUT2D eigenvalue weighted by atomic mass is 10.2. The van der Waals surface area contributed by atoms with Gasteiger partial charge in [0.2, 0.25) is 5.91 Å². The normalized spacial score (nSPS) is 16.5. The number of nitrogens with one attached hydrogen (secondary N) is 1. The Morgan fingerprint density at radius 3 is 2.54 bits per heavy atom. The van der Waals surface area contributed by atoms with Crippen molar-refractivity contribution in [2.75, 3.05) is 0 Å². The Balaban J connectivity index is 1.92. The van der Waals surface area contributed by atoms with Gasteiger partial charge in [-0.2, -0.15) is 0 Å². The highest BCUT2D eigenvalue weighted by atomic mass is 32.2. The standard InChI is InChI=1S/C19H27N3O2S2/c1-10(2)22-18(24)15-11(3)12(4)25-17(15)21-19(22)26-13(5)16(23)20-14-8-6-7-9-14/h10,13-14H,6-9H2,1-5H3,(H,20,23)/t13-/m1/s1. The number of carbonyl (C=O) groups excluding carboxylic acids is 1. The number of thioether (sulfide) groups is 1. The molecule has 1 fully saturated rings. The SMILES string of the molecule is Cc1sc2nc(S[C@H](C)C(=O)NC3CCCC3)n(C(C)C)c(=O)c2c1C. The summed E-state index contributed by atoms with van der Waals surface area (Å²) in [6.07, 6.45) is 4.51. The van der Waals surface area contributed by atoms with E-state index in [0.717, 1.165) is 28.1 Å². The Morgan fingerprint density at radius 2 is 1.92 bits per heavy atom. The minimum absolute atomic E-state index is 0.00208. The monoisotopic (exact) mass is 393 g/mol. The first-order chi connectivity index (χ1) is 12.3. The van der Waals surface area contributed by atoms with Crippen LogP contribution >= 0.6 is 23.1 Å². The van der Waals surface area contributed by atoms with Gasteiger partial charge in [0.25, 0.3) is 5.56 Å². The van der Waals surface area contributed by atoms with Gasteiger partial charge < -0.3 is 5.32 Å². The first-order valence-corrected chi connectivity index (χ1v) is 11.0. The lowest BCUT2D eigenvalue weighted by Gasteiger charge is -2.19. The zero-order valence-corrected chi connectivity index (χ0v) is 17.7. The molecule has 2 aromatic heterocycles. The van der Waals surface area contributed by atoms with Gasteiger partial charge in [0.15, 0.2) is 5.16 Å². The topological polar surface area (TPSA) is 64.0 Å². The Labute approximate surface area is 162 Å². The van der Waals surface area contributed by atoms with Crippen LogP contribution in [0.15, 0.2) is 9.95 Å². The van der Waals surface area contributed by atoms with E-state index in [-0.39, 0.29) is 22.8 Å². The summed E-state index contributed by atoms with van der Waals surface area (Å²) in [4.78, 5) is 32.3. The van der Waals surface area contributed by atoms with Crippen molar-refractivity contribution in [2.24, 2.45) is 0 Å². The van der Waals surface area contributed by atoms with Crippen molar-refractivity contribution >= 4 is 39.2 Å². The molecule has 5 nitrogen and oxygen atoms in total. The molecule has 1 saturated carbocycles. The summed E-state index contributed by atoms with van der Waals surface area (Å²) < 4.78 is 1.73. The maximum atomic E-state index is 13.1. The maximum absolute atomic E-state index is 13.1. The van der Waals surface area contributed by atoms with E-state index in [0.29, 0.717) is 16.6 Å². The number of thiophene rings is 1. The Bertz CT molecular complexity index is 879. The molecule has 0 saturated heterocycles. The summed E-state index contributed by atoms with van der Waals surface area (Å²) in [6, 6.07) is 0.294. The largest absolute Gasteiger partial charge is 0.352 e. The number of rotatable bonds is 5. The third kappa shape index (κ3) is 3.69. The van der Waals surface area contributed by atoms with Crippen molar-refractivity contribution in [2.45, 2.75) is 82.8 Å². The number of amides is 1. The third-order valence-electron chi connectivity index (χ3n) is 5.07. The van der Waals surface area contributed by atoms with Crippen LogP contribution in [0.2, 0.25) is 0 Å². The molecule has 2 aromatic rings. The van der Waals surface area contributed by atoms with Crippen LogP contribution in [0.3, 0.4) is 0 Å². The molecule has 26 heavy (non-hydrogen) atoms.